The second-order valence-electron chi connectivity index (χ2n) is 8.10. The number of carbonyl (C=O) groups is 1. The maximum absolute atomic E-state index is 12.9. The van der Waals surface area contributed by atoms with Crippen molar-refractivity contribution < 1.29 is 22.7 Å². The number of ether oxygens (including phenoxy) is 1. The van der Waals surface area contributed by atoms with E-state index in [0.717, 1.165) is 37.7 Å². The number of thiophene rings is 1. The number of pyridine rings is 1. The number of aromatic nitrogens is 4. The molecular weight excluding hydrogens is 551 g/mol. The molecule has 4 aromatic heterocycles. The SMILES string of the molecule is COc1ccc(-c2cc3ncnc(NCCc4cnc(NC(=O)Nc5cccc(C(F)(F)F)c5)s4)c3s2)cn1. The minimum atomic E-state index is -4.50. The summed E-state index contributed by atoms with van der Waals surface area (Å²) in [6.45, 7) is 0.557. The van der Waals surface area contributed by atoms with E-state index >= 15 is 0 Å². The number of methoxy groups -OCH3 is 1. The summed E-state index contributed by atoms with van der Waals surface area (Å²) in [5.74, 6) is 1.25. The Kier molecular flexibility index (Phi) is 7.56. The van der Waals surface area contributed by atoms with Crippen LogP contribution in [0.3, 0.4) is 0 Å². The van der Waals surface area contributed by atoms with Gasteiger partial charge in [-0.3, -0.25) is 5.32 Å². The number of nitrogens with one attached hydrogen (secondary N) is 3. The van der Waals surface area contributed by atoms with E-state index in [-0.39, 0.29) is 5.69 Å². The minimum absolute atomic E-state index is 0.0273. The first-order chi connectivity index (χ1) is 18.8. The zero-order chi connectivity index (χ0) is 27.4. The van der Waals surface area contributed by atoms with Crippen molar-refractivity contribution in [1.82, 2.24) is 19.9 Å². The molecule has 0 unspecified atom stereocenters. The first kappa shape index (κ1) is 26.3. The second kappa shape index (κ2) is 11.2. The Morgan fingerprint density at radius 2 is 1.87 bits per heavy atom. The molecular formula is C25H20F3N7O2S2. The predicted molar refractivity (Wildman–Crippen MR) is 146 cm³/mol. The van der Waals surface area contributed by atoms with Gasteiger partial charge >= 0.3 is 12.2 Å². The number of carbonyl (C=O) groups excluding carboxylic acids is 1. The highest BCUT2D eigenvalue weighted by Gasteiger charge is 2.30. The van der Waals surface area contributed by atoms with E-state index in [1.54, 1.807) is 36.9 Å². The van der Waals surface area contributed by atoms with E-state index in [9.17, 15) is 18.0 Å². The lowest BCUT2D eigenvalue weighted by Gasteiger charge is -2.09. The molecule has 0 aliphatic rings. The third kappa shape index (κ3) is 6.41. The molecule has 0 aliphatic carbocycles. The van der Waals surface area contributed by atoms with Crippen molar-refractivity contribution in [3.8, 4) is 16.3 Å². The van der Waals surface area contributed by atoms with Crippen LogP contribution >= 0.6 is 22.7 Å². The fourth-order valence-electron chi connectivity index (χ4n) is 3.59. The molecule has 39 heavy (non-hydrogen) atoms. The monoisotopic (exact) mass is 571 g/mol. The lowest BCUT2D eigenvalue weighted by atomic mass is 10.2. The van der Waals surface area contributed by atoms with Crippen LogP contribution in [0.15, 0.2) is 61.2 Å². The zero-order valence-corrected chi connectivity index (χ0v) is 21.9. The summed E-state index contributed by atoms with van der Waals surface area (Å²) < 4.78 is 44.7. The number of fused-ring (bicyclic) bond motifs is 1. The Bertz CT molecular complexity index is 1600. The molecule has 0 saturated heterocycles. The lowest BCUT2D eigenvalue weighted by Crippen LogP contribution is -2.19. The van der Waals surface area contributed by atoms with Gasteiger partial charge in [0.1, 0.15) is 12.1 Å². The standard InChI is InChI=1S/C25H20F3N7O2S2/c1-37-20-6-5-14(11-30-20)19-10-18-21(39-19)22(33-13-32-18)29-8-7-17-12-31-24(38-17)35-23(36)34-16-4-2-3-15(9-16)25(26,27)28/h2-6,9-13H,7-8H2,1H3,(H,29,32,33)(H2,31,34,35,36). The predicted octanol–water partition coefficient (Wildman–Crippen LogP) is 6.54. The van der Waals surface area contributed by atoms with Crippen LogP contribution in [0.4, 0.5) is 34.6 Å². The number of hydrogen-bond acceptors (Lipinski definition) is 9. The number of thiazole rings is 1. The second-order valence-corrected chi connectivity index (χ2v) is 10.3. The number of benzene rings is 1. The molecule has 200 valence electrons. The van der Waals surface area contributed by atoms with Gasteiger partial charge in [-0.2, -0.15) is 13.2 Å². The Morgan fingerprint density at radius 1 is 1.00 bits per heavy atom. The zero-order valence-electron chi connectivity index (χ0n) is 20.2. The molecule has 0 aliphatic heterocycles. The number of anilines is 3. The first-order valence-corrected chi connectivity index (χ1v) is 13.1. The van der Waals surface area contributed by atoms with Gasteiger partial charge in [0, 0.05) is 52.4 Å². The summed E-state index contributed by atoms with van der Waals surface area (Å²) in [4.78, 5) is 31.3. The van der Waals surface area contributed by atoms with Crippen molar-refractivity contribution in [3.63, 3.8) is 0 Å². The van der Waals surface area contributed by atoms with Crippen LogP contribution in [0.25, 0.3) is 20.7 Å². The fraction of sp³-hybridized carbons (Fsp3) is 0.160. The molecule has 0 radical (unpaired) electrons. The molecule has 0 saturated carbocycles. The van der Waals surface area contributed by atoms with E-state index in [1.807, 2.05) is 12.1 Å². The molecule has 0 spiro atoms. The summed E-state index contributed by atoms with van der Waals surface area (Å²) in [5, 5.41) is 8.60. The highest BCUT2D eigenvalue weighted by molar-refractivity contribution is 7.22. The maximum atomic E-state index is 12.9. The molecule has 2 amide bonds. The van der Waals surface area contributed by atoms with Gasteiger partial charge in [0.05, 0.1) is 22.9 Å². The summed E-state index contributed by atoms with van der Waals surface area (Å²) in [7, 11) is 1.57. The Hall–Kier alpha value is -4.30. The minimum Gasteiger partial charge on any atom is -0.481 e. The van der Waals surface area contributed by atoms with Crippen molar-refractivity contribution in [2.45, 2.75) is 12.6 Å². The highest BCUT2D eigenvalue weighted by Crippen LogP contribution is 2.36. The number of halogens is 3. The van der Waals surface area contributed by atoms with Crippen LogP contribution in [0, 0.1) is 0 Å². The third-order valence-corrected chi connectivity index (χ3v) is 7.58. The molecule has 0 atom stereocenters. The topological polar surface area (TPSA) is 114 Å². The van der Waals surface area contributed by atoms with Gasteiger partial charge in [0.15, 0.2) is 5.13 Å². The molecule has 1 aromatic carbocycles. The van der Waals surface area contributed by atoms with Crippen LogP contribution in [-0.4, -0.2) is 39.6 Å². The van der Waals surface area contributed by atoms with Crippen LogP contribution in [0.2, 0.25) is 0 Å². The molecule has 5 aromatic rings. The smallest absolute Gasteiger partial charge is 0.416 e. The Balaban J connectivity index is 1.17. The summed E-state index contributed by atoms with van der Waals surface area (Å²) in [5.41, 5.74) is 0.951. The number of hydrogen-bond donors (Lipinski definition) is 3. The largest absolute Gasteiger partial charge is 0.481 e. The quantitative estimate of drug-likeness (QED) is 0.194. The normalized spacial score (nSPS) is 11.4. The molecule has 3 N–H and O–H groups in total. The number of alkyl halides is 3. The molecule has 0 fully saturated rings. The third-order valence-electron chi connectivity index (χ3n) is 5.43. The summed E-state index contributed by atoms with van der Waals surface area (Å²) in [6, 6.07) is 9.46. The van der Waals surface area contributed by atoms with Gasteiger partial charge in [-0.15, -0.1) is 22.7 Å². The van der Waals surface area contributed by atoms with E-state index in [1.165, 1.54) is 29.8 Å². The van der Waals surface area contributed by atoms with Crippen molar-refractivity contribution in [1.29, 1.82) is 0 Å². The van der Waals surface area contributed by atoms with Crippen molar-refractivity contribution in [2.24, 2.45) is 0 Å². The van der Waals surface area contributed by atoms with E-state index < -0.39 is 17.8 Å². The average Bonchev–Trinajstić information content (AvgIpc) is 3.56. The van der Waals surface area contributed by atoms with Gasteiger partial charge < -0.3 is 15.4 Å². The van der Waals surface area contributed by atoms with Gasteiger partial charge in [0.2, 0.25) is 5.88 Å². The number of rotatable bonds is 8. The van der Waals surface area contributed by atoms with Crippen molar-refractivity contribution >= 4 is 55.6 Å². The van der Waals surface area contributed by atoms with Gasteiger partial charge in [0.25, 0.3) is 0 Å². The van der Waals surface area contributed by atoms with Crippen LogP contribution in [-0.2, 0) is 12.6 Å². The van der Waals surface area contributed by atoms with E-state index in [0.29, 0.717) is 29.8 Å². The molecule has 9 nitrogen and oxygen atoms in total. The lowest BCUT2D eigenvalue weighted by molar-refractivity contribution is -0.137. The van der Waals surface area contributed by atoms with Gasteiger partial charge in [-0.1, -0.05) is 6.07 Å². The van der Waals surface area contributed by atoms with Gasteiger partial charge in [-0.05, 0) is 30.3 Å². The highest BCUT2D eigenvalue weighted by atomic mass is 32.1. The van der Waals surface area contributed by atoms with Crippen molar-refractivity contribution in [3.05, 3.63) is 71.6 Å². The number of urea groups is 1. The number of amides is 2. The Labute approximate surface area is 228 Å². The first-order valence-electron chi connectivity index (χ1n) is 11.5. The van der Waals surface area contributed by atoms with Crippen molar-refractivity contribution in [2.75, 3.05) is 29.6 Å². The van der Waals surface area contributed by atoms with Crippen LogP contribution in [0.5, 0.6) is 5.88 Å². The van der Waals surface area contributed by atoms with Crippen LogP contribution in [0.1, 0.15) is 10.4 Å². The van der Waals surface area contributed by atoms with E-state index in [2.05, 4.69) is 35.9 Å². The molecule has 14 heteroatoms. The summed E-state index contributed by atoms with van der Waals surface area (Å²) in [6.07, 6.45) is 1.01. The molecule has 5 rings (SSSR count). The molecule has 0 bridgehead atoms. The van der Waals surface area contributed by atoms with Crippen LogP contribution < -0.4 is 20.7 Å². The Morgan fingerprint density at radius 3 is 2.64 bits per heavy atom. The fourth-order valence-corrected chi connectivity index (χ4v) is 5.46. The number of nitrogens with zero attached hydrogens (tertiary/aromatic N) is 4. The molecule has 4 heterocycles. The maximum Gasteiger partial charge on any atom is 0.416 e. The summed E-state index contributed by atoms with van der Waals surface area (Å²) >= 11 is 2.83. The average molecular weight is 572 g/mol. The van der Waals surface area contributed by atoms with Gasteiger partial charge in [-0.25, -0.2) is 24.7 Å². The van der Waals surface area contributed by atoms with E-state index in [4.69, 9.17) is 4.74 Å².